The van der Waals surface area contributed by atoms with Crippen LogP contribution in [0.2, 0.25) is 0 Å². The van der Waals surface area contributed by atoms with Crippen LogP contribution in [-0.4, -0.2) is 42.2 Å². The van der Waals surface area contributed by atoms with E-state index in [1.807, 2.05) is 24.3 Å². The number of pyridine rings is 1. The van der Waals surface area contributed by atoms with Crippen LogP contribution < -0.4 is 4.74 Å². The molecule has 0 aliphatic carbocycles. The molecule has 26 heavy (non-hydrogen) atoms. The molecule has 1 aromatic heterocycles. The summed E-state index contributed by atoms with van der Waals surface area (Å²) >= 11 is 0. The van der Waals surface area contributed by atoms with Gasteiger partial charge in [-0.1, -0.05) is 6.08 Å². The minimum atomic E-state index is -0.484. The van der Waals surface area contributed by atoms with Gasteiger partial charge in [-0.25, -0.2) is 0 Å². The van der Waals surface area contributed by atoms with Gasteiger partial charge in [0.05, 0.1) is 18.7 Å². The Bertz CT molecular complexity index is 737. The van der Waals surface area contributed by atoms with Crippen molar-refractivity contribution < 1.29 is 9.84 Å². The Balaban J connectivity index is 0.00000243. The van der Waals surface area contributed by atoms with Gasteiger partial charge in [0.2, 0.25) is 0 Å². The van der Waals surface area contributed by atoms with Crippen molar-refractivity contribution in [2.24, 2.45) is 11.8 Å². The lowest BCUT2D eigenvalue weighted by molar-refractivity contribution is 0.124. The summed E-state index contributed by atoms with van der Waals surface area (Å²) in [5.74, 6) is 1.90. The second-order valence-electron chi connectivity index (χ2n) is 7.09. The van der Waals surface area contributed by atoms with Crippen molar-refractivity contribution in [2.45, 2.75) is 25.4 Å². The summed E-state index contributed by atoms with van der Waals surface area (Å²) in [5, 5.41) is 11.8. The zero-order valence-electron chi connectivity index (χ0n) is 15.6. The first-order valence-corrected chi connectivity index (χ1v) is 9.04. The number of hydrogen-bond acceptors (Lipinski definition) is 4. The summed E-state index contributed by atoms with van der Waals surface area (Å²) in [5.41, 5.74) is 1.83. The van der Waals surface area contributed by atoms with Crippen LogP contribution in [0.4, 0.5) is 0 Å². The average molecular weight is 377 g/mol. The molecule has 0 unspecified atom stereocenters. The lowest BCUT2D eigenvalue weighted by Crippen LogP contribution is -2.37. The normalized spacial score (nSPS) is 21.8. The molecular weight excluding hydrogens is 348 g/mol. The van der Waals surface area contributed by atoms with Crippen LogP contribution in [0.3, 0.4) is 0 Å². The van der Waals surface area contributed by atoms with Crippen LogP contribution in [-0.2, 0) is 0 Å². The minimum Gasteiger partial charge on any atom is -0.497 e. The first kappa shape index (κ1) is 20.7. The summed E-state index contributed by atoms with van der Waals surface area (Å²) in [6, 6.07) is 7.73. The largest absolute Gasteiger partial charge is 0.497 e. The Morgan fingerprint density at radius 3 is 2.96 bits per heavy atom. The summed E-state index contributed by atoms with van der Waals surface area (Å²) in [6.07, 6.45) is 6.32. The molecule has 1 fully saturated rings. The third kappa shape index (κ3) is 4.56. The van der Waals surface area contributed by atoms with Crippen LogP contribution >= 0.6 is 12.4 Å². The zero-order chi connectivity index (χ0) is 17.8. The number of aliphatic hydroxyl groups is 1. The third-order valence-electron chi connectivity index (χ3n) is 5.46. The van der Waals surface area contributed by atoms with E-state index >= 15 is 0 Å². The number of aromatic nitrogens is 1. The quantitative estimate of drug-likeness (QED) is 0.766. The van der Waals surface area contributed by atoms with E-state index < -0.39 is 6.10 Å². The smallest absolute Gasteiger partial charge is 0.119 e. The molecule has 4 nitrogen and oxygen atoms in total. The van der Waals surface area contributed by atoms with Crippen LogP contribution in [0.25, 0.3) is 10.9 Å². The van der Waals surface area contributed by atoms with Crippen LogP contribution in [0.15, 0.2) is 43.1 Å². The molecule has 3 atom stereocenters. The fraction of sp³-hybridized carbons (Fsp3) is 0.476. The Kier molecular flexibility index (Phi) is 7.44. The number of benzene rings is 1. The zero-order valence-corrected chi connectivity index (χ0v) is 16.4. The molecule has 1 aliphatic rings. The second kappa shape index (κ2) is 9.36. The van der Waals surface area contributed by atoms with Crippen molar-refractivity contribution in [3.63, 3.8) is 0 Å². The number of hydrogen-bond donors (Lipinski definition) is 1. The summed E-state index contributed by atoms with van der Waals surface area (Å²) < 4.78 is 5.33. The molecule has 0 saturated carbocycles. The number of nitrogens with zero attached hydrogens (tertiary/aromatic N) is 2. The van der Waals surface area contributed by atoms with Gasteiger partial charge >= 0.3 is 0 Å². The van der Waals surface area contributed by atoms with Gasteiger partial charge in [-0.15, -0.1) is 19.0 Å². The topological polar surface area (TPSA) is 45.6 Å². The molecule has 0 bridgehead atoms. The van der Waals surface area contributed by atoms with Crippen molar-refractivity contribution in [1.82, 2.24) is 9.88 Å². The highest BCUT2D eigenvalue weighted by Crippen LogP contribution is 2.33. The number of ether oxygens (including phenoxy) is 1. The second-order valence-corrected chi connectivity index (χ2v) is 7.09. The lowest BCUT2D eigenvalue weighted by Gasteiger charge is -2.35. The van der Waals surface area contributed by atoms with Gasteiger partial charge in [-0.3, -0.25) is 4.98 Å². The van der Waals surface area contributed by atoms with Crippen LogP contribution in [0, 0.1) is 11.8 Å². The Labute approximate surface area is 162 Å². The lowest BCUT2D eigenvalue weighted by atomic mass is 9.81. The SMILES string of the molecule is C=C[C@H]1CN(C)CC[C@H]1CC[C@@H](O)c1ccnc2ccc(OC)cc12.Cl. The molecule has 2 heterocycles. The number of halogens is 1. The van der Waals surface area contributed by atoms with E-state index in [0.29, 0.717) is 11.8 Å². The van der Waals surface area contributed by atoms with Gasteiger partial charge in [-0.05, 0) is 74.5 Å². The maximum atomic E-state index is 10.8. The molecule has 0 spiro atoms. The summed E-state index contributed by atoms with van der Waals surface area (Å²) in [7, 11) is 3.82. The highest BCUT2D eigenvalue weighted by Gasteiger charge is 2.26. The van der Waals surface area contributed by atoms with E-state index in [0.717, 1.165) is 48.1 Å². The van der Waals surface area contributed by atoms with Gasteiger partial charge in [0.25, 0.3) is 0 Å². The maximum Gasteiger partial charge on any atom is 0.119 e. The predicted octanol–water partition coefficient (Wildman–Crippen LogP) is 4.23. The number of fused-ring (bicyclic) bond motifs is 1. The first-order chi connectivity index (χ1) is 12.1. The van der Waals surface area contributed by atoms with E-state index in [9.17, 15) is 5.11 Å². The van der Waals surface area contributed by atoms with E-state index in [4.69, 9.17) is 4.74 Å². The average Bonchev–Trinajstić information content (AvgIpc) is 2.65. The van der Waals surface area contributed by atoms with Gasteiger partial charge in [0.15, 0.2) is 0 Å². The summed E-state index contributed by atoms with van der Waals surface area (Å²) in [6.45, 7) is 6.20. The van der Waals surface area contributed by atoms with Crippen LogP contribution in [0.5, 0.6) is 5.75 Å². The standard InChI is InChI=1S/C21H28N2O2.ClH/c1-4-15-14-23(2)12-10-16(15)5-8-21(24)18-9-11-22-20-7-6-17(25-3)13-19(18)20;/h4,6-7,9,11,13,15-16,21,24H,1,5,8,10,12,14H2,2-3H3;1H/t15-,16+,21+;/m0./s1. The number of piperidine rings is 1. The molecule has 1 aliphatic heterocycles. The molecular formula is C21H29ClN2O2. The van der Waals surface area contributed by atoms with E-state index in [-0.39, 0.29) is 12.4 Å². The van der Waals surface area contributed by atoms with Crippen molar-refractivity contribution in [1.29, 1.82) is 0 Å². The fourth-order valence-electron chi connectivity index (χ4n) is 3.92. The molecule has 1 saturated heterocycles. The molecule has 0 radical (unpaired) electrons. The van der Waals surface area contributed by atoms with E-state index in [2.05, 4.69) is 29.6 Å². The summed E-state index contributed by atoms with van der Waals surface area (Å²) in [4.78, 5) is 6.76. The molecule has 3 rings (SSSR count). The number of methoxy groups -OCH3 is 1. The van der Waals surface area contributed by atoms with E-state index in [1.54, 1.807) is 13.3 Å². The molecule has 2 aromatic rings. The van der Waals surface area contributed by atoms with Gasteiger partial charge in [0.1, 0.15) is 5.75 Å². The minimum absolute atomic E-state index is 0. The Morgan fingerprint density at radius 1 is 1.42 bits per heavy atom. The van der Waals surface area contributed by atoms with E-state index in [1.165, 1.54) is 6.42 Å². The van der Waals surface area contributed by atoms with Crippen molar-refractivity contribution in [3.8, 4) is 5.75 Å². The molecule has 142 valence electrons. The van der Waals surface area contributed by atoms with Crippen LogP contribution in [0.1, 0.15) is 30.9 Å². The Morgan fingerprint density at radius 2 is 2.23 bits per heavy atom. The van der Waals surface area contributed by atoms with Gasteiger partial charge in [0, 0.05) is 18.1 Å². The highest BCUT2D eigenvalue weighted by atomic mass is 35.5. The van der Waals surface area contributed by atoms with Gasteiger partial charge in [-0.2, -0.15) is 0 Å². The van der Waals surface area contributed by atoms with Crippen molar-refractivity contribution in [3.05, 3.63) is 48.7 Å². The fourth-order valence-corrected chi connectivity index (χ4v) is 3.92. The monoisotopic (exact) mass is 376 g/mol. The highest BCUT2D eigenvalue weighted by molar-refractivity contribution is 5.85. The number of aliphatic hydroxyl groups excluding tert-OH is 1. The van der Waals surface area contributed by atoms with Crippen molar-refractivity contribution in [2.75, 3.05) is 27.2 Å². The number of rotatable bonds is 6. The maximum absolute atomic E-state index is 10.8. The molecule has 0 amide bonds. The molecule has 5 heteroatoms. The predicted molar refractivity (Wildman–Crippen MR) is 109 cm³/mol. The number of likely N-dealkylation sites (tertiary alicyclic amines) is 1. The van der Waals surface area contributed by atoms with Gasteiger partial charge < -0.3 is 14.7 Å². The molecule has 1 N–H and O–H groups in total. The Hall–Kier alpha value is -1.62. The van der Waals surface area contributed by atoms with Crippen molar-refractivity contribution >= 4 is 23.3 Å². The molecule has 1 aromatic carbocycles. The third-order valence-corrected chi connectivity index (χ3v) is 5.46. The first-order valence-electron chi connectivity index (χ1n) is 9.04.